The standard InChI is InChI=1S/C29H29N3O3S/c1-18-15-19(2)17-24(16-18)32-28(35)25-7-5-6-8-26(25)31-29(32)36-20(3)27(34)23-11-9-22(10-12-23)13-14-30-21(4)33/h5-12,15-17,20H,13-14H2,1-4H3,(H,30,33). The van der Waals surface area contributed by atoms with Crippen molar-refractivity contribution in [2.75, 3.05) is 6.54 Å². The van der Waals surface area contributed by atoms with Gasteiger partial charge in [0.25, 0.3) is 5.56 Å². The number of para-hydroxylation sites is 1. The van der Waals surface area contributed by atoms with Gasteiger partial charge in [-0.3, -0.25) is 19.0 Å². The molecule has 0 aliphatic carbocycles. The van der Waals surface area contributed by atoms with Gasteiger partial charge in [0.1, 0.15) is 0 Å². The smallest absolute Gasteiger partial charge is 0.266 e. The molecule has 0 bridgehead atoms. The first-order chi connectivity index (χ1) is 17.2. The first-order valence-electron chi connectivity index (χ1n) is 11.9. The van der Waals surface area contributed by atoms with E-state index in [1.165, 1.54) is 18.7 Å². The molecule has 4 rings (SSSR count). The van der Waals surface area contributed by atoms with Gasteiger partial charge in [0.05, 0.1) is 21.8 Å². The highest BCUT2D eigenvalue weighted by Gasteiger charge is 2.21. The predicted octanol–water partition coefficient (Wildman–Crippen LogP) is 5.04. The van der Waals surface area contributed by atoms with Crippen molar-refractivity contribution < 1.29 is 9.59 Å². The second-order valence-electron chi connectivity index (χ2n) is 8.95. The van der Waals surface area contributed by atoms with Crippen LogP contribution in [0.25, 0.3) is 16.6 Å². The minimum Gasteiger partial charge on any atom is -0.356 e. The Morgan fingerprint density at radius 3 is 2.33 bits per heavy atom. The number of aryl methyl sites for hydroxylation is 2. The molecule has 1 amide bonds. The normalized spacial score (nSPS) is 11.9. The van der Waals surface area contributed by atoms with E-state index in [0.29, 0.717) is 34.6 Å². The molecule has 1 heterocycles. The number of rotatable bonds is 8. The third kappa shape index (κ3) is 5.74. The Morgan fingerprint density at radius 1 is 1.00 bits per heavy atom. The van der Waals surface area contributed by atoms with Crippen molar-refractivity contribution in [2.45, 2.75) is 44.5 Å². The van der Waals surface area contributed by atoms with Crippen LogP contribution in [0.15, 0.2) is 76.7 Å². The fraction of sp³-hybridized carbons (Fsp3) is 0.241. The molecule has 0 saturated heterocycles. The average molecular weight is 500 g/mol. The lowest BCUT2D eigenvalue weighted by Gasteiger charge is -2.17. The second-order valence-corrected chi connectivity index (χ2v) is 10.3. The minimum absolute atomic E-state index is 0.0391. The SMILES string of the molecule is CC(=O)NCCc1ccc(C(=O)C(C)Sc2nc3ccccc3c(=O)n2-c2cc(C)cc(C)c2)cc1. The Morgan fingerprint density at radius 2 is 1.67 bits per heavy atom. The van der Waals surface area contributed by atoms with E-state index in [1.54, 1.807) is 10.6 Å². The van der Waals surface area contributed by atoms with Crippen molar-refractivity contribution in [3.05, 3.63) is 99.3 Å². The molecule has 0 saturated carbocycles. The molecule has 1 atom stereocenters. The molecule has 3 aromatic carbocycles. The maximum absolute atomic E-state index is 13.6. The molecule has 0 aliphatic heterocycles. The zero-order valence-electron chi connectivity index (χ0n) is 20.9. The van der Waals surface area contributed by atoms with Crippen LogP contribution >= 0.6 is 11.8 Å². The number of thioether (sulfide) groups is 1. The third-order valence-corrected chi connectivity index (χ3v) is 6.94. The fourth-order valence-corrected chi connectivity index (χ4v) is 5.17. The van der Waals surface area contributed by atoms with Crippen molar-refractivity contribution in [1.29, 1.82) is 0 Å². The fourth-order valence-electron chi connectivity index (χ4n) is 4.16. The first-order valence-corrected chi connectivity index (χ1v) is 12.8. The Bertz CT molecular complexity index is 1470. The Balaban J connectivity index is 1.65. The molecule has 0 aliphatic rings. The number of ketones is 1. The van der Waals surface area contributed by atoms with E-state index < -0.39 is 5.25 Å². The summed E-state index contributed by atoms with van der Waals surface area (Å²) in [4.78, 5) is 42.7. The van der Waals surface area contributed by atoms with Crippen LogP contribution in [0, 0.1) is 13.8 Å². The highest BCUT2D eigenvalue weighted by molar-refractivity contribution is 8.00. The van der Waals surface area contributed by atoms with Crippen LogP contribution in [-0.4, -0.2) is 33.0 Å². The Hall–Kier alpha value is -3.71. The summed E-state index contributed by atoms with van der Waals surface area (Å²) in [6.45, 7) is 7.87. The highest BCUT2D eigenvalue weighted by atomic mass is 32.2. The zero-order chi connectivity index (χ0) is 25.8. The van der Waals surface area contributed by atoms with E-state index in [-0.39, 0.29) is 17.2 Å². The number of aromatic nitrogens is 2. The predicted molar refractivity (Wildman–Crippen MR) is 145 cm³/mol. The summed E-state index contributed by atoms with van der Waals surface area (Å²) < 4.78 is 1.61. The van der Waals surface area contributed by atoms with Crippen molar-refractivity contribution in [3.63, 3.8) is 0 Å². The maximum Gasteiger partial charge on any atom is 0.266 e. The molecular weight excluding hydrogens is 470 g/mol. The summed E-state index contributed by atoms with van der Waals surface area (Å²) in [6.07, 6.45) is 0.696. The van der Waals surface area contributed by atoms with Gasteiger partial charge in [-0.25, -0.2) is 4.98 Å². The number of fused-ring (bicyclic) bond motifs is 1. The van der Waals surface area contributed by atoms with E-state index in [4.69, 9.17) is 4.98 Å². The number of hydrogen-bond acceptors (Lipinski definition) is 5. The summed E-state index contributed by atoms with van der Waals surface area (Å²) in [7, 11) is 0. The highest BCUT2D eigenvalue weighted by Crippen LogP contribution is 2.28. The lowest BCUT2D eigenvalue weighted by Crippen LogP contribution is -2.24. The van der Waals surface area contributed by atoms with Crippen LogP contribution in [0.3, 0.4) is 0 Å². The molecular formula is C29H29N3O3S. The molecule has 0 fully saturated rings. The lowest BCUT2D eigenvalue weighted by atomic mass is 10.0. The van der Waals surface area contributed by atoms with Crippen molar-refractivity contribution in [1.82, 2.24) is 14.9 Å². The van der Waals surface area contributed by atoms with Gasteiger partial charge < -0.3 is 5.32 Å². The van der Waals surface area contributed by atoms with Crippen LogP contribution in [0.4, 0.5) is 0 Å². The van der Waals surface area contributed by atoms with Gasteiger partial charge in [0.2, 0.25) is 5.91 Å². The molecule has 1 N–H and O–H groups in total. The summed E-state index contributed by atoms with van der Waals surface area (Å²) in [6, 6.07) is 20.7. The lowest BCUT2D eigenvalue weighted by molar-refractivity contribution is -0.118. The summed E-state index contributed by atoms with van der Waals surface area (Å²) >= 11 is 1.28. The zero-order valence-corrected chi connectivity index (χ0v) is 21.7. The number of benzene rings is 3. The van der Waals surface area contributed by atoms with E-state index in [0.717, 1.165) is 22.4 Å². The first kappa shape index (κ1) is 25.4. The second kappa shape index (κ2) is 10.9. The molecule has 36 heavy (non-hydrogen) atoms. The van der Waals surface area contributed by atoms with Gasteiger partial charge >= 0.3 is 0 Å². The number of nitrogens with one attached hydrogen (secondary N) is 1. The summed E-state index contributed by atoms with van der Waals surface area (Å²) in [5, 5.41) is 3.34. The van der Waals surface area contributed by atoms with Crippen LogP contribution < -0.4 is 10.9 Å². The molecule has 184 valence electrons. The molecule has 7 heteroatoms. The summed E-state index contributed by atoms with van der Waals surface area (Å²) in [5.41, 5.74) is 4.92. The van der Waals surface area contributed by atoms with E-state index in [9.17, 15) is 14.4 Å². The number of carbonyl (C=O) groups is 2. The van der Waals surface area contributed by atoms with Crippen LogP contribution in [0.2, 0.25) is 0 Å². The van der Waals surface area contributed by atoms with Gasteiger partial charge in [-0.05, 0) is 68.1 Å². The number of hydrogen-bond donors (Lipinski definition) is 1. The molecule has 1 unspecified atom stereocenters. The number of Topliss-reactive ketones (excluding diaryl/α,β-unsaturated/α-hetero) is 1. The quantitative estimate of drug-likeness (QED) is 0.209. The molecule has 6 nitrogen and oxygen atoms in total. The van der Waals surface area contributed by atoms with E-state index in [1.807, 2.05) is 75.4 Å². The van der Waals surface area contributed by atoms with Crippen LogP contribution in [0.1, 0.15) is 40.9 Å². The van der Waals surface area contributed by atoms with E-state index in [2.05, 4.69) is 11.4 Å². The molecule has 4 aromatic rings. The van der Waals surface area contributed by atoms with Crippen molar-refractivity contribution >= 4 is 34.4 Å². The third-order valence-electron chi connectivity index (χ3n) is 5.89. The average Bonchev–Trinajstić information content (AvgIpc) is 2.83. The van der Waals surface area contributed by atoms with Crippen LogP contribution in [0.5, 0.6) is 0 Å². The minimum atomic E-state index is -0.458. The van der Waals surface area contributed by atoms with Crippen molar-refractivity contribution in [2.24, 2.45) is 0 Å². The molecule has 0 spiro atoms. The topological polar surface area (TPSA) is 81.1 Å². The summed E-state index contributed by atoms with van der Waals surface area (Å²) in [5.74, 6) is -0.1000. The van der Waals surface area contributed by atoms with Gasteiger partial charge in [-0.2, -0.15) is 0 Å². The number of nitrogens with zero attached hydrogens (tertiary/aromatic N) is 2. The van der Waals surface area contributed by atoms with Gasteiger partial charge in [-0.1, -0.05) is 54.2 Å². The van der Waals surface area contributed by atoms with Gasteiger partial charge in [0, 0.05) is 19.0 Å². The van der Waals surface area contributed by atoms with E-state index >= 15 is 0 Å². The Kier molecular flexibility index (Phi) is 7.70. The number of amides is 1. The van der Waals surface area contributed by atoms with Gasteiger partial charge in [0.15, 0.2) is 10.9 Å². The number of carbonyl (C=O) groups excluding carboxylic acids is 2. The van der Waals surface area contributed by atoms with Crippen molar-refractivity contribution in [3.8, 4) is 5.69 Å². The molecule has 0 radical (unpaired) electrons. The maximum atomic E-state index is 13.6. The monoisotopic (exact) mass is 499 g/mol. The van der Waals surface area contributed by atoms with Crippen LogP contribution in [-0.2, 0) is 11.2 Å². The Labute approximate surface area is 214 Å². The van der Waals surface area contributed by atoms with Gasteiger partial charge in [-0.15, -0.1) is 0 Å². The molecule has 1 aromatic heterocycles. The largest absolute Gasteiger partial charge is 0.356 e.